The summed E-state index contributed by atoms with van der Waals surface area (Å²) in [7, 11) is 0. The lowest BCUT2D eigenvalue weighted by Crippen LogP contribution is -2.40. The van der Waals surface area contributed by atoms with E-state index in [4.69, 9.17) is 5.73 Å². The number of nitrogens with zero attached hydrogens (tertiary/aromatic N) is 1. The molecule has 1 atom stereocenters. The van der Waals surface area contributed by atoms with E-state index in [1.165, 1.54) is 37.0 Å². The summed E-state index contributed by atoms with van der Waals surface area (Å²) in [5.41, 5.74) is 5.01. The number of aliphatic imine (C=N–C) groups is 1. The summed E-state index contributed by atoms with van der Waals surface area (Å²) >= 11 is 1.54. The minimum absolute atomic E-state index is 0. The van der Waals surface area contributed by atoms with E-state index in [0.29, 0.717) is 18.5 Å². The third kappa shape index (κ3) is 6.12. The summed E-state index contributed by atoms with van der Waals surface area (Å²) in [4.78, 5) is 5.24. The molecule has 4 N–H and O–H groups in total. The van der Waals surface area contributed by atoms with E-state index >= 15 is 0 Å². The van der Waals surface area contributed by atoms with Gasteiger partial charge in [0.25, 0.3) is 0 Å². The molecule has 1 aliphatic carbocycles. The van der Waals surface area contributed by atoms with E-state index in [2.05, 4.69) is 10.3 Å². The van der Waals surface area contributed by atoms with Crippen LogP contribution in [0, 0.1) is 0 Å². The van der Waals surface area contributed by atoms with E-state index in [9.17, 15) is 5.11 Å². The fourth-order valence-corrected chi connectivity index (χ4v) is 3.36. The van der Waals surface area contributed by atoms with Crippen LogP contribution in [0.25, 0.3) is 0 Å². The highest BCUT2D eigenvalue weighted by atomic mass is 127. The van der Waals surface area contributed by atoms with E-state index in [1.807, 2.05) is 17.5 Å². The average molecular weight is 423 g/mol. The number of hydrogen-bond donors (Lipinski definition) is 3. The van der Waals surface area contributed by atoms with Crippen molar-refractivity contribution >= 4 is 41.3 Å². The number of aliphatic hydroxyl groups is 1. The number of guanidine groups is 1. The molecule has 1 aromatic heterocycles. The standard InChI is InChI=1S/C15H25N3OS.HI/c1-15(19,13-9-6-10-20-13)11-17-14(16)18-12-7-4-2-3-5-8-12;/h6,9-10,12,19H,2-5,7-8,11H2,1H3,(H3,16,17,18);1H. The van der Waals surface area contributed by atoms with Crippen molar-refractivity contribution in [1.29, 1.82) is 0 Å². The fraction of sp³-hybridized carbons (Fsp3) is 0.667. The first-order valence-corrected chi connectivity index (χ1v) is 8.29. The van der Waals surface area contributed by atoms with Gasteiger partial charge in [0.2, 0.25) is 0 Å². The molecule has 6 heteroatoms. The summed E-state index contributed by atoms with van der Waals surface area (Å²) in [6.45, 7) is 2.07. The molecule has 0 amide bonds. The molecule has 21 heavy (non-hydrogen) atoms. The molecule has 4 nitrogen and oxygen atoms in total. The van der Waals surface area contributed by atoms with E-state index in [0.717, 1.165) is 17.7 Å². The zero-order valence-electron chi connectivity index (χ0n) is 12.5. The molecule has 120 valence electrons. The molecule has 2 rings (SSSR count). The number of nitrogens with one attached hydrogen (secondary N) is 1. The van der Waals surface area contributed by atoms with Crippen LogP contribution >= 0.6 is 35.3 Å². The zero-order valence-corrected chi connectivity index (χ0v) is 15.7. The van der Waals surface area contributed by atoms with Gasteiger partial charge in [0.15, 0.2) is 5.96 Å². The third-order valence-electron chi connectivity index (χ3n) is 3.82. The van der Waals surface area contributed by atoms with Gasteiger partial charge in [-0.1, -0.05) is 31.7 Å². The Morgan fingerprint density at radius 1 is 1.43 bits per heavy atom. The molecular formula is C15H26IN3OS. The second-order valence-corrected chi connectivity index (χ2v) is 6.73. The van der Waals surface area contributed by atoms with Crippen LogP contribution in [-0.4, -0.2) is 23.7 Å². The van der Waals surface area contributed by atoms with Gasteiger partial charge in [-0.25, -0.2) is 0 Å². The van der Waals surface area contributed by atoms with Crippen LogP contribution in [0.5, 0.6) is 0 Å². The van der Waals surface area contributed by atoms with Gasteiger partial charge in [-0.3, -0.25) is 4.99 Å². The molecule has 1 aliphatic rings. The molecule has 1 unspecified atom stereocenters. The van der Waals surface area contributed by atoms with Gasteiger partial charge in [-0.15, -0.1) is 35.3 Å². The van der Waals surface area contributed by atoms with Crippen LogP contribution in [0.2, 0.25) is 0 Å². The van der Waals surface area contributed by atoms with Crippen molar-refractivity contribution in [3.8, 4) is 0 Å². The van der Waals surface area contributed by atoms with Crippen molar-refractivity contribution < 1.29 is 5.11 Å². The number of hydrogen-bond acceptors (Lipinski definition) is 3. The van der Waals surface area contributed by atoms with Gasteiger partial charge in [-0.2, -0.15) is 0 Å². The van der Waals surface area contributed by atoms with Crippen LogP contribution in [0.3, 0.4) is 0 Å². The monoisotopic (exact) mass is 423 g/mol. The highest BCUT2D eigenvalue weighted by molar-refractivity contribution is 14.0. The molecular weight excluding hydrogens is 397 g/mol. The highest BCUT2D eigenvalue weighted by Gasteiger charge is 2.24. The minimum atomic E-state index is -0.941. The summed E-state index contributed by atoms with van der Waals surface area (Å²) in [6, 6.07) is 4.30. The Morgan fingerprint density at radius 3 is 2.67 bits per heavy atom. The van der Waals surface area contributed by atoms with Crippen LogP contribution < -0.4 is 11.1 Å². The quantitative estimate of drug-likeness (QED) is 0.302. The first kappa shape index (κ1) is 18.7. The van der Waals surface area contributed by atoms with Gasteiger partial charge in [0.05, 0.1) is 6.54 Å². The van der Waals surface area contributed by atoms with Crippen LogP contribution in [0.4, 0.5) is 0 Å². The van der Waals surface area contributed by atoms with Crippen LogP contribution in [0.15, 0.2) is 22.5 Å². The van der Waals surface area contributed by atoms with Crippen LogP contribution in [0.1, 0.15) is 50.3 Å². The lowest BCUT2D eigenvalue weighted by molar-refractivity contribution is 0.0711. The number of halogens is 1. The van der Waals surface area contributed by atoms with Crippen molar-refractivity contribution in [1.82, 2.24) is 5.32 Å². The summed E-state index contributed by atoms with van der Waals surface area (Å²) in [5.74, 6) is 0.453. The lowest BCUT2D eigenvalue weighted by atomic mass is 10.1. The molecule has 1 aromatic rings. The van der Waals surface area contributed by atoms with Gasteiger partial charge in [0, 0.05) is 10.9 Å². The second kappa shape index (κ2) is 8.95. The zero-order chi connectivity index (χ0) is 14.4. The molecule has 0 spiro atoms. The van der Waals surface area contributed by atoms with E-state index in [1.54, 1.807) is 6.92 Å². The maximum Gasteiger partial charge on any atom is 0.188 e. The van der Waals surface area contributed by atoms with Crippen LogP contribution in [-0.2, 0) is 5.60 Å². The number of nitrogens with two attached hydrogens (primary N) is 1. The summed E-state index contributed by atoms with van der Waals surface area (Å²) in [5, 5.41) is 15.7. The van der Waals surface area contributed by atoms with Gasteiger partial charge in [0.1, 0.15) is 5.60 Å². The predicted octanol–water partition coefficient (Wildman–Crippen LogP) is 3.20. The Hall–Kier alpha value is -0.340. The Labute approximate surface area is 148 Å². The minimum Gasteiger partial charge on any atom is -0.383 e. The van der Waals surface area contributed by atoms with Gasteiger partial charge in [-0.05, 0) is 31.2 Å². The Bertz CT molecular complexity index is 426. The topological polar surface area (TPSA) is 70.6 Å². The van der Waals surface area contributed by atoms with Gasteiger partial charge < -0.3 is 16.2 Å². The molecule has 0 radical (unpaired) electrons. The summed E-state index contributed by atoms with van der Waals surface area (Å²) in [6.07, 6.45) is 7.50. The first-order chi connectivity index (χ1) is 9.58. The number of thiophene rings is 1. The average Bonchev–Trinajstić information content (AvgIpc) is 2.85. The van der Waals surface area contributed by atoms with Crippen molar-refractivity contribution in [3.05, 3.63) is 22.4 Å². The third-order valence-corrected chi connectivity index (χ3v) is 4.94. The SMILES string of the molecule is CC(O)(CN=C(N)NC1CCCCCC1)c1cccs1.I. The Kier molecular flexibility index (Phi) is 7.97. The van der Waals surface area contributed by atoms with Crippen molar-refractivity contribution in [2.45, 2.75) is 57.1 Å². The van der Waals surface area contributed by atoms with Crippen molar-refractivity contribution in [3.63, 3.8) is 0 Å². The molecule has 1 fully saturated rings. The number of rotatable bonds is 4. The maximum atomic E-state index is 10.4. The summed E-state index contributed by atoms with van der Waals surface area (Å²) < 4.78 is 0. The Balaban J connectivity index is 0.00000220. The second-order valence-electron chi connectivity index (χ2n) is 5.79. The molecule has 0 bridgehead atoms. The molecule has 0 aromatic carbocycles. The largest absolute Gasteiger partial charge is 0.383 e. The van der Waals surface area contributed by atoms with E-state index < -0.39 is 5.60 Å². The van der Waals surface area contributed by atoms with E-state index in [-0.39, 0.29) is 24.0 Å². The smallest absolute Gasteiger partial charge is 0.188 e. The first-order valence-electron chi connectivity index (χ1n) is 7.41. The fourth-order valence-electron chi connectivity index (χ4n) is 2.58. The van der Waals surface area contributed by atoms with Gasteiger partial charge >= 0.3 is 0 Å². The van der Waals surface area contributed by atoms with Crippen molar-refractivity contribution in [2.75, 3.05) is 6.54 Å². The molecule has 0 saturated heterocycles. The highest BCUT2D eigenvalue weighted by Crippen LogP contribution is 2.25. The normalized spacial score (nSPS) is 20.2. The Morgan fingerprint density at radius 2 is 2.10 bits per heavy atom. The molecule has 0 aliphatic heterocycles. The predicted molar refractivity (Wildman–Crippen MR) is 100 cm³/mol. The molecule has 1 heterocycles. The van der Waals surface area contributed by atoms with Crippen molar-refractivity contribution in [2.24, 2.45) is 10.7 Å². The molecule has 1 saturated carbocycles. The lowest BCUT2D eigenvalue weighted by Gasteiger charge is -2.21. The maximum absolute atomic E-state index is 10.4.